The topological polar surface area (TPSA) is 52.1 Å². The molecule has 0 aliphatic heterocycles. The van der Waals surface area contributed by atoms with E-state index in [2.05, 4.69) is 14.7 Å². The zero-order valence-electron chi connectivity index (χ0n) is 9.88. The second-order valence-corrected chi connectivity index (χ2v) is 4.95. The Balaban J connectivity index is 2.38. The number of fused-ring (bicyclic) bond motifs is 1. The number of ether oxygens (including phenoxy) is 1. The van der Waals surface area contributed by atoms with Crippen molar-refractivity contribution in [2.75, 3.05) is 7.11 Å². The molecule has 0 saturated heterocycles. The Morgan fingerprint density at radius 3 is 2.94 bits per heavy atom. The lowest BCUT2D eigenvalue weighted by molar-refractivity contribution is -0.139. The molecule has 1 aromatic heterocycles. The normalized spacial score (nSPS) is 12.4. The van der Waals surface area contributed by atoms with Gasteiger partial charge in [-0.2, -0.15) is 0 Å². The van der Waals surface area contributed by atoms with Crippen molar-refractivity contribution in [2.24, 2.45) is 0 Å². The summed E-state index contributed by atoms with van der Waals surface area (Å²) in [5.74, 6) is -0.701. The molecule has 1 unspecified atom stereocenters. The maximum Gasteiger partial charge on any atom is 0.318 e. The van der Waals surface area contributed by atoms with E-state index < -0.39 is 5.25 Å². The van der Waals surface area contributed by atoms with E-state index >= 15 is 0 Å². The lowest BCUT2D eigenvalue weighted by Crippen LogP contribution is -2.14. The number of nitrogens with zero attached hydrogens (tertiary/aromatic N) is 2. The monoisotopic (exact) mass is 266 g/mol. The summed E-state index contributed by atoms with van der Waals surface area (Å²) in [6.45, 7) is 1.71. The Morgan fingerprint density at radius 2 is 2.22 bits per heavy atom. The smallest absolute Gasteiger partial charge is 0.318 e. The van der Waals surface area contributed by atoms with Crippen molar-refractivity contribution in [3.63, 3.8) is 0 Å². The molecule has 2 rings (SSSR count). The maximum absolute atomic E-state index is 13.2. The lowest BCUT2D eigenvalue weighted by atomic mass is 10.2. The van der Waals surface area contributed by atoms with Crippen LogP contribution < -0.4 is 0 Å². The van der Waals surface area contributed by atoms with E-state index in [0.29, 0.717) is 15.9 Å². The van der Waals surface area contributed by atoms with Gasteiger partial charge >= 0.3 is 5.97 Å². The number of esters is 1. The summed E-state index contributed by atoms with van der Waals surface area (Å²) in [4.78, 5) is 19.5. The third-order valence-electron chi connectivity index (χ3n) is 2.38. The highest BCUT2D eigenvalue weighted by molar-refractivity contribution is 8.00. The van der Waals surface area contributed by atoms with Gasteiger partial charge in [-0.1, -0.05) is 11.8 Å². The molecule has 0 bridgehead atoms. The van der Waals surface area contributed by atoms with Crippen LogP contribution in [0.25, 0.3) is 10.9 Å². The highest BCUT2D eigenvalue weighted by Crippen LogP contribution is 2.28. The molecule has 0 aliphatic carbocycles. The Labute approximate surface area is 108 Å². The first-order valence-corrected chi connectivity index (χ1v) is 6.14. The number of methoxy groups -OCH3 is 1. The number of hydrogen-bond acceptors (Lipinski definition) is 5. The average Bonchev–Trinajstić information content (AvgIpc) is 2.38. The van der Waals surface area contributed by atoms with E-state index in [9.17, 15) is 9.18 Å². The van der Waals surface area contributed by atoms with Gasteiger partial charge in [-0.3, -0.25) is 4.79 Å². The zero-order valence-corrected chi connectivity index (χ0v) is 10.7. The van der Waals surface area contributed by atoms with E-state index in [1.54, 1.807) is 13.0 Å². The van der Waals surface area contributed by atoms with E-state index in [1.807, 2.05) is 0 Å². The second-order valence-electron chi connectivity index (χ2n) is 3.62. The largest absolute Gasteiger partial charge is 0.468 e. The summed E-state index contributed by atoms with van der Waals surface area (Å²) in [6, 6.07) is 4.29. The second kappa shape index (κ2) is 5.30. The third-order valence-corrected chi connectivity index (χ3v) is 3.48. The summed E-state index contributed by atoms with van der Waals surface area (Å²) in [7, 11) is 1.33. The highest BCUT2D eigenvalue weighted by atomic mass is 32.2. The Morgan fingerprint density at radius 1 is 1.44 bits per heavy atom. The summed E-state index contributed by atoms with van der Waals surface area (Å²) >= 11 is 1.22. The zero-order chi connectivity index (χ0) is 13.1. The Bertz CT molecular complexity index is 591. The summed E-state index contributed by atoms with van der Waals surface area (Å²) in [5.41, 5.74) is 0.644. The van der Waals surface area contributed by atoms with Crippen LogP contribution in [0.3, 0.4) is 0 Å². The summed E-state index contributed by atoms with van der Waals surface area (Å²) in [6.07, 6.45) is 1.40. The van der Waals surface area contributed by atoms with Gasteiger partial charge in [-0.05, 0) is 25.1 Å². The van der Waals surface area contributed by atoms with Crippen molar-refractivity contribution < 1.29 is 13.9 Å². The first-order chi connectivity index (χ1) is 8.61. The van der Waals surface area contributed by atoms with E-state index in [4.69, 9.17) is 0 Å². The van der Waals surface area contributed by atoms with Gasteiger partial charge in [0.05, 0.1) is 12.6 Å². The van der Waals surface area contributed by atoms with Crippen LogP contribution in [0.5, 0.6) is 0 Å². The van der Waals surface area contributed by atoms with Crippen LogP contribution in [-0.2, 0) is 9.53 Å². The number of thioether (sulfide) groups is 1. The molecule has 1 aromatic carbocycles. The molecule has 0 saturated carbocycles. The van der Waals surface area contributed by atoms with Crippen LogP contribution in [-0.4, -0.2) is 28.3 Å². The highest BCUT2D eigenvalue weighted by Gasteiger charge is 2.17. The van der Waals surface area contributed by atoms with Gasteiger partial charge < -0.3 is 4.74 Å². The fraction of sp³-hybridized carbons (Fsp3) is 0.250. The van der Waals surface area contributed by atoms with Crippen LogP contribution in [0.4, 0.5) is 4.39 Å². The predicted molar refractivity (Wildman–Crippen MR) is 66.8 cm³/mol. The molecule has 6 heteroatoms. The quantitative estimate of drug-likeness (QED) is 0.485. The number of benzene rings is 1. The summed E-state index contributed by atoms with van der Waals surface area (Å²) < 4.78 is 17.9. The Kier molecular flexibility index (Phi) is 3.76. The number of aromatic nitrogens is 2. The minimum Gasteiger partial charge on any atom is -0.468 e. The van der Waals surface area contributed by atoms with Gasteiger partial charge in [0.2, 0.25) is 0 Å². The molecule has 1 atom stereocenters. The van der Waals surface area contributed by atoms with Crippen LogP contribution in [0.15, 0.2) is 29.6 Å². The van der Waals surface area contributed by atoms with Crippen molar-refractivity contribution in [3.05, 3.63) is 30.3 Å². The molecule has 0 spiro atoms. The fourth-order valence-electron chi connectivity index (χ4n) is 1.48. The molecule has 0 amide bonds. The van der Waals surface area contributed by atoms with Crippen LogP contribution in [0, 0.1) is 5.82 Å². The Hall–Kier alpha value is -1.69. The lowest BCUT2D eigenvalue weighted by Gasteiger charge is -2.09. The molecule has 18 heavy (non-hydrogen) atoms. The van der Waals surface area contributed by atoms with Crippen molar-refractivity contribution in [1.82, 2.24) is 9.97 Å². The number of rotatable bonds is 3. The van der Waals surface area contributed by atoms with Gasteiger partial charge in [0, 0.05) is 5.39 Å². The van der Waals surface area contributed by atoms with E-state index in [0.717, 1.165) is 0 Å². The molecule has 0 radical (unpaired) electrons. The van der Waals surface area contributed by atoms with Gasteiger partial charge in [-0.15, -0.1) is 0 Å². The SMILES string of the molecule is COC(=O)C(C)Sc1ncnc2ccc(F)cc12. The molecule has 0 N–H and O–H groups in total. The number of hydrogen-bond donors (Lipinski definition) is 0. The molecule has 2 aromatic rings. The predicted octanol–water partition coefficient (Wildman–Crippen LogP) is 2.42. The minimum atomic E-state index is -0.406. The minimum absolute atomic E-state index is 0.344. The van der Waals surface area contributed by atoms with E-state index in [-0.39, 0.29) is 11.8 Å². The van der Waals surface area contributed by atoms with Gasteiger partial charge in [0.15, 0.2) is 0 Å². The third kappa shape index (κ3) is 2.59. The van der Waals surface area contributed by atoms with Crippen molar-refractivity contribution >= 4 is 28.6 Å². The molecule has 0 aliphatic rings. The van der Waals surface area contributed by atoms with Crippen LogP contribution in [0.1, 0.15) is 6.92 Å². The number of halogens is 1. The van der Waals surface area contributed by atoms with Gasteiger partial charge in [0.1, 0.15) is 22.4 Å². The average molecular weight is 266 g/mol. The van der Waals surface area contributed by atoms with Crippen LogP contribution in [0.2, 0.25) is 0 Å². The first kappa shape index (κ1) is 12.8. The number of carbonyl (C=O) groups excluding carboxylic acids is 1. The maximum atomic E-state index is 13.2. The van der Waals surface area contributed by atoms with Crippen molar-refractivity contribution in [3.8, 4) is 0 Å². The van der Waals surface area contributed by atoms with Crippen LogP contribution >= 0.6 is 11.8 Å². The summed E-state index contributed by atoms with van der Waals surface area (Å²) in [5, 5.41) is 0.757. The molecule has 1 heterocycles. The van der Waals surface area contributed by atoms with Gasteiger partial charge in [-0.25, -0.2) is 14.4 Å². The standard InChI is InChI=1S/C12H11FN2O2S/c1-7(12(16)17-2)18-11-9-5-8(13)3-4-10(9)14-6-15-11/h3-7H,1-2H3. The first-order valence-electron chi connectivity index (χ1n) is 5.26. The molecule has 94 valence electrons. The molecule has 0 fully saturated rings. The fourth-order valence-corrected chi connectivity index (χ4v) is 2.41. The van der Waals surface area contributed by atoms with E-state index in [1.165, 1.54) is 37.3 Å². The molecular weight excluding hydrogens is 255 g/mol. The molecule has 4 nitrogen and oxygen atoms in total. The molecular formula is C12H11FN2O2S. The number of carbonyl (C=O) groups is 1. The van der Waals surface area contributed by atoms with Crippen molar-refractivity contribution in [2.45, 2.75) is 17.2 Å². The van der Waals surface area contributed by atoms with Gasteiger partial charge in [0.25, 0.3) is 0 Å². The van der Waals surface area contributed by atoms with Crippen molar-refractivity contribution in [1.29, 1.82) is 0 Å².